The third kappa shape index (κ3) is 4.47. The number of rotatable bonds is 7. The molecule has 0 spiro atoms. The number of carbonyl (C=O) groups is 1. The first kappa shape index (κ1) is 16.8. The largest absolute Gasteiger partial charge is 0.493 e. The highest BCUT2D eigenvalue weighted by Gasteiger charge is 2.11. The molecule has 0 bridgehead atoms. The van der Waals surface area contributed by atoms with Gasteiger partial charge in [0.1, 0.15) is 5.75 Å². The predicted molar refractivity (Wildman–Crippen MR) is 96.6 cm³/mol. The van der Waals surface area contributed by atoms with Gasteiger partial charge in [0.15, 0.2) is 0 Å². The second kappa shape index (κ2) is 8.15. The van der Waals surface area contributed by atoms with E-state index in [9.17, 15) is 4.79 Å². The van der Waals surface area contributed by atoms with Gasteiger partial charge in [0.25, 0.3) is 5.91 Å². The third-order valence-electron chi connectivity index (χ3n) is 3.81. The van der Waals surface area contributed by atoms with E-state index in [4.69, 9.17) is 4.74 Å². The Bertz CT molecular complexity index is 811. The number of nitrogens with one attached hydrogen (secondary N) is 1. The minimum Gasteiger partial charge on any atom is -0.493 e. The molecular formula is C20H21N3O2. The summed E-state index contributed by atoms with van der Waals surface area (Å²) in [4.78, 5) is 12.4. The highest BCUT2D eigenvalue weighted by atomic mass is 16.5. The monoisotopic (exact) mass is 335 g/mol. The molecule has 0 aliphatic rings. The lowest BCUT2D eigenvalue weighted by molar-refractivity contribution is 0.0947. The summed E-state index contributed by atoms with van der Waals surface area (Å²) < 4.78 is 7.38. The molecule has 0 fully saturated rings. The van der Waals surface area contributed by atoms with Crippen LogP contribution in [0.3, 0.4) is 0 Å². The Morgan fingerprint density at radius 3 is 2.56 bits per heavy atom. The summed E-state index contributed by atoms with van der Waals surface area (Å²) in [6.07, 6.45) is 3.70. The molecule has 0 saturated heterocycles. The Morgan fingerprint density at radius 2 is 1.84 bits per heavy atom. The van der Waals surface area contributed by atoms with Crippen molar-refractivity contribution in [2.75, 3.05) is 6.61 Å². The van der Waals surface area contributed by atoms with Crippen LogP contribution in [0.2, 0.25) is 0 Å². The fraction of sp³-hybridized carbons (Fsp3) is 0.200. The molecule has 3 aromatic rings. The normalized spacial score (nSPS) is 10.4. The standard InChI is InChI=1S/C20H21N3O2/c1-2-25-19-7-4-3-6-18(19)20(24)21-14-16-8-10-17(11-9-16)15-23-13-5-12-22-23/h3-13H,2,14-15H2,1H3,(H,21,24). The Balaban J connectivity index is 1.59. The summed E-state index contributed by atoms with van der Waals surface area (Å²) >= 11 is 0. The van der Waals surface area contributed by atoms with Gasteiger partial charge in [-0.25, -0.2) is 0 Å². The lowest BCUT2D eigenvalue weighted by Gasteiger charge is -2.11. The number of benzene rings is 2. The van der Waals surface area contributed by atoms with Crippen molar-refractivity contribution in [3.8, 4) is 5.75 Å². The first-order chi connectivity index (χ1) is 12.3. The second-order valence-electron chi connectivity index (χ2n) is 5.63. The zero-order chi connectivity index (χ0) is 17.5. The predicted octanol–water partition coefficient (Wildman–Crippen LogP) is 3.26. The van der Waals surface area contributed by atoms with Gasteiger partial charge in [0.2, 0.25) is 0 Å². The van der Waals surface area contributed by atoms with Crippen molar-refractivity contribution in [3.05, 3.63) is 83.7 Å². The fourth-order valence-electron chi connectivity index (χ4n) is 2.56. The zero-order valence-electron chi connectivity index (χ0n) is 14.2. The van der Waals surface area contributed by atoms with Crippen LogP contribution in [0.25, 0.3) is 0 Å². The van der Waals surface area contributed by atoms with Crippen LogP contribution < -0.4 is 10.1 Å². The molecule has 0 saturated carbocycles. The van der Waals surface area contributed by atoms with Crippen molar-refractivity contribution in [2.45, 2.75) is 20.0 Å². The molecule has 5 heteroatoms. The summed E-state index contributed by atoms with van der Waals surface area (Å²) in [5.41, 5.74) is 2.77. The molecule has 1 N–H and O–H groups in total. The minimum atomic E-state index is -0.135. The molecule has 0 radical (unpaired) electrons. The molecule has 1 amide bonds. The molecule has 0 aliphatic heterocycles. The molecule has 25 heavy (non-hydrogen) atoms. The van der Waals surface area contributed by atoms with Crippen molar-refractivity contribution in [1.82, 2.24) is 15.1 Å². The molecule has 0 aliphatic carbocycles. The Labute approximate surface area is 147 Å². The van der Waals surface area contributed by atoms with E-state index < -0.39 is 0 Å². The topological polar surface area (TPSA) is 56.1 Å². The first-order valence-electron chi connectivity index (χ1n) is 8.31. The molecule has 1 aromatic heterocycles. The van der Waals surface area contributed by atoms with E-state index in [2.05, 4.69) is 22.5 Å². The lowest BCUT2D eigenvalue weighted by atomic mass is 10.1. The van der Waals surface area contributed by atoms with Gasteiger partial charge in [-0.05, 0) is 36.2 Å². The summed E-state index contributed by atoms with van der Waals surface area (Å²) in [6.45, 7) is 3.64. The number of carbonyl (C=O) groups excluding carboxylic acids is 1. The number of nitrogens with zero attached hydrogens (tertiary/aromatic N) is 2. The van der Waals surface area contributed by atoms with Crippen molar-refractivity contribution >= 4 is 5.91 Å². The molecule has 5 nitrogen and oxygen atoms in total. The first-order valence-corrected chi connectivity index (χ1v) is 8.31. The number of hydrogen-bond acceptors (Lipinski definition) is 3. The molecular weight excluding hydrogens is 314 g/mol. The quantitative estimate of drug-likeness (QED) is 0.721. The molecule has 128 valence electrons. The highest BCUT2D eigenvalue weighted by Crippen LogP contribution is 2.18. The SMILES string of the molecule is CCOc1ccccc1C(=O)NCc1ccc(Cn2cccn2)cc1. The van der Waals surface area contributed by atoms with Crippen LogP contribution in [0.1, 0.15) is 28.4 Å². The molecule has 3 rings (SSSR count). The average Bonchev–Trinajstić information content (AvgIpc) is 3.15. The van der Waals surface area contributed by atoms with Gasteiger partial charge >= 0.3 is 0 Å². The van der Waals surface area contributed by atoms with Gasteiger partial charge in [-0.15, -0.1) is 0 Å². The number of ether oxygens (including phenoxy) is 1. The van der Waals surface area contributed by atoms with Crippen LogP contribution in [0, 0.1) is 0 Å². The van der Waals surface area contributed by atoms with E-state index in [1.807, 2.05) is 54.2 Å². The van der Waals surface area contributed by atoms with Crippen molar-refractivity contribution < 1.29 is 9.53 Å². The Kier molecular flexibility index (Phi) is 5.46. The van der Waals surface area contributed by atoms with E-state index in [-0.39, 0.29) is 5.91 Å². The van der Waals surface area contributed by atoms with Gasteiger partial charge in [0.05, 0.1) is 18.7 Å². The summed E-state index contributed by atoms with van der Waals surface area (Å²) in [7, 11) is 0. The minimum absolute atomic E-state index is 0.135. The van der Waals surface area contributed by atoms with Crippen LogP contribution in [0.15, 0.2) is 67.0 Å². The summed E-state index contributed by atoms with van der Waals surface area (Å²) in [5, 5.41) is 7.14. The van der Waals surface area contributed by atoms with Crippen LogP contribution in [0.5, 0.6) is 5.75 Å². The Hall–Kier alpha value is -3.08. The fourth-order valence-corrected chi connectivity index (χ4v) is 2.56. The van der Waals surface area contributed by atoms with E-state index in [0.717, 1.165) is 12.1 Å². The lowest BCUT2D eigenvalue weighted by Crippen LogP contribution is -2.23. The average molecular weight is 335 g/mol. The van der Waals surface area contributed by atoms with Crippen molar-refractivity contribution in [3.63, 3.8) is 0 Å². The molecule has 2 aromatic carbocycles. The second-order valence-corrected chi connectivity index (χ2v) is 5.63. The number of hydrogen-bond donors (Lipinski definition) is 1. The van der Waals surface area contributed by atoms with Gasteiger partial charge in [-0.2, -0.15) is 5.10 Å². The van der Waals surface area contributed by atoms with Gasteiger partial charge in [-0.1, -0.05) is 36.4 Å². The summed E-state index contributed by atoms with van der Waals surface area (Å²) in [5.74, 6) is 0.474. The van der Waals surface area contributed by atoms with E-state index >= 15 is 0 Å². The van der Waals surface area contributed by atoms with E-state index in [1.54, 1.807) is 12.3 Å². The van der Waals surface area contributed by atoms with Crippen molar-refractivity contribution in [2.24, 2.45) is 0 Å². The number of para-hydroxylation sites is 1. The maximum Gasteiger partial charge on any atom is 0.255 e. The maximum absolute atomic E-state index is 12.4. The van der Waals surface area contributed by atoms with E-state index in [1.165, 1.54) is 5.56 Å². The molecule has 1 heterocycles. The molecule has 0 unspecified atom stereocenters. The van der Waals surface area contributed by atoms with Crippen LogP contribution in [-0.4, -0.2) is 22.3 Å². The zero-order valence-corrected chi connectivity index (χ0v) is 14.2. The van der Waals surface area contributed by atoms with Crippen LogP contribution in [0.4, 0.5) is 0 Å². The molecule has 0 atom stereocenters. The number of aromatic nitrogens is 2. The van der Waals surface area contributed by atoms with Crippen LogP contribution in [-0.2, 0) is 13.1 Å². The summed E-state index contributed by atoms with van der Waals surface area (Å²) in [6, 6.07) is 17.3. The van der Waals surface area contributed by atoms with E-state index in [0.29, 0.717) is 24.5 Å². The third-order valence-corrected chi connectivity index (χ3v) is 3.81. The van der Waals surface area contributed by atoms with Gasteiger partial charge in [0, 0.05) is 18.9 Å². The number of amides is 1. The van der Waals surface area contributed by atoms with Crippen LogP contribution >= 0.6 is 0 Å². The highest BCUT2D eigenvalue weighted by molar-refractivity contribution is 5.96. The Morgan fingerprint density at radius 1 is 1.08 bits per heavy atom. The smallest absolute Gasteiger partial charge is 0.255 e. The maximum atomic E-state index is 12.4. The van der Waals surface area contributed by atoms with Crippen molar-refractivity contribution in [1.29, 1.82) is 0 Å². The van der Waals surface area contributed by atoms with Gasteiger partial charge in [-0.3, -0.25) is 9.48 Å². The van der Waals surface area contributed by atoms with Gasteiger partial charge < -0.3 is 10.1 Å².